The summed E-state index contributed by atoms with van der Waals surface area (Å²) in [5.74, 6) is 0.00495. The third kappa shape index (κ3) is 6.90. The van der Waals surface area contributed by atoms with Gasteiger partial charge in [-0.25, -0.2) is 0 Å². The molecule has 2 amide bonds. The molecule has 6 nitrogen and oxygen atoms in total. The number of rotatable bonds is 6. The van der Waals surface area contributed by atoms with Crippen molar-refractivity contribution >= 4 is 29.1 Å². The molecule has 0 saturated heterocycles. The summed E-state index contributed by atoms with van der Waals surface area (Å²) in [5, 5.41) is 2.55. The second-order valence-electron chi connectivity index (χ2n) is 5.59. The van der Waals surface area contributed by atoms with Gasteiger partial charge in [-0.1, -0.05) is 48.5 Å². The van der Waals surface area contributed by atoms with Gasteiger partial charge in [0, 0.05) is 6.42 Å². The third-order valence-corrected chi connectivity index (χ3v) is 3.71. The Balaban J connectivity index is 1.63. The minimum atomic E-state index is -0.408. The van der Waals surface area contributed by atoms with Crippen LogP contribution in [0, 0.1) is 6.92 Å². The molecule has 0 aliphatic heterocycles. The van der Waals surface area contributed by atoms with Gasteiger partial charge in [0.1, 0.15) is 5.75 Å². The van der Waals surface area contributed by atoms with Gasteiger partial charge in [0.05, 0.1) is 0 Å². The number of aryl methyl sites for hydroxylation is 2. The Bertz CT molecular complexity index is 766. The van der Waals surface area contributed by atoms with Crippen molar-refractivity contribution < 1.29 is 14.3 Å². The molecule has 7 heteroatoms. The molecule has 0 spiro atoms. The Hall–Kier alpha value is -2.93. The standard InChI is InChI=1S/C19H21N3O3S/c1-14-7-5-6-10-16(14)25-13-18(24)21-22-19(26)20-17(23)12-11-15-8-3-2-4-9-15/h2-10H,11-13H2,1H3,(H,21,24)(H2,20,22,23,26). The average molecular weight is 371 g/mol. The van der Waals surface area contributed by atoms with Crippen LogP contribution in [0.4, 0.5) is 0 Å². The minimum absolute atomic E-state index is 0.0345. The van der Waals surface area contributed by atoms with Gasteiger partial charge in [0.25, 0.3) is 5.91 Å². The Morgan fingerprint density at radius 2 is 1.65 bits per heavy atom. The van der Waals surface area contributed by atoms with Crippen LogP contribution in [0.3, 0.4) is 0 Å². The van der Waals surface area contributed by atoms with Crippen LogP contribution in [0.15, 0.2) is 54.6 Å². The van der Waals surface area contributed by atoms with Crippen LogP contribution in [-0.2, 0) is 16.0 Å². The summed E-state index contributed by atoms with van der Waals surface area (Å²) < 4.78 is 5.42. The third-order valence-electron chi connectivity index (χ3n) is 3.50. The second kappa shape index (κ2) is 10.1. The molecule has 0 heterocycles. The molecule has 26 heavy (non-hydrogen) atoms. The summed E-state index contributed by atoms with van der Waals surface area (Å²) in [5.41, 5.74) is 6.88. The van der Waals surface area contributed by atoms with Gasteiger partial charge in [-0.15, -0.1) is 0 Å². The maximum Gasteiger partial charge on any atom is 0.276 e. The first kappa shape index (κ1) is 19.4. The van der Waals surface area contributed by atoms with Gasteiger partial charge < -0.3 is 10.1 Å². The van der Waals surface area contributed by atoms with E-state index in [4.69, 9.17) is 17.0 Å². The topological polar surface area (TPSA) is 79.5 Å². The van der Waals surface area contributed by atoms with E-state index in [1.807, 2.05) is 55.5 Å². The Morgan fingerprint density at radius 1 is 0.962 bits per heavy atom. The zero-order valence-corrected chi connectivity index (χ0v) is 15.3. The molecular formula is C19H21N3O3S. The zero-order valence-electron chi connectivity index (χ0n) is 14.5. The molecule has 0 atom stereocenters. The molecule has 0 unspecified atom stereocenters. The van der Waals surface area contributed by atoms with Crippen molar-refractivity contribution in [2.24, 2.45) is 0 Å². The number of carbonyl (C=O) groups excluding carboxylic acids is 2. The van der Waals surface area contributed by atoms with E-state index in [-0.39, 0.29) is 17.6 Å². The molecule has 0 saturated carbocycles. The van der Waals surface area contributed by atoms with E-state index in [9.17, 15) is 9.59 Å². The van der Waals surface area contributed by atoms with Crippen LogP contribution in [-0.4, -0.2) is 23.5 Å². The molecule has 0 fully saturated rings. The highest BCUT2D eigenvalue weighted by molar-refractivity contribution is 7.80. The molecule has 0 radical (unpaired) electrons. The molecular weight excluding hydrogens is 350 g/mol. The fourth-order valence-electron chi connectivity index (χ4n) is 2.15. The van der Waals surface area contributed by atoms with E-state index in [2.05, 4.69) is 16.2 Å². The summed E-state index contributed by atoms with van der Waals surface area (Å²) >= 11 is 4.98. The Kier molecular flexibility index (Phi) is 7.57. The number of ether oxygens (including phenoxy) is 1. The number of amides is 2. The average Bonchev–Trinajstić information content (AvgIpc) is 2.65. The van der Waals surface area contributed by atoms with Gasteiger partial charge in [-0.05, 0) is 42.8 Å². The van der Waals surface area contributed by atoms with Crippen LogP contribution >= 0.6 is 12.2 Å². The van der Waals surface area contributed by atoms with Gasteiger partial charge in [-0.3, -0.25) is 20.4 Å². The highest BCUT2D eigenvalue weighted by Gasteiger charge is 2.07. The summed E-state index contributed by atoms with van der Waals surface area (Å²) in [4.78, 5) is 23.6. The monoisotopic (exact) mass is 371 g/mol. The maximum atomic E-state index is 11.8. The highest BCUT2D eigenvalue weighted by atomic mass is 32.1. The van der Waals surface area contributed by atoms with E-state index >= 15 is 0 Å². The van der Waals surface area contributed by atoms with Crippen LogP contribution in [0.25, 0.3) is 0 Å². The fourth-order valence-corrected chi connectivity index (χ4v) is 2.31. The maximum absolute atomic E-state index is 11.8. The predicted molar refractivity (Wildman–Crippen MR) is 103 cm³/mol. The number of carbonyl (C=O) groups is 2. The Labute approximate surface area is 157 Å². The van der Waals surface area contributed by atoms with Gasteiger partial charge in [0.2, 0.25) is 5.91 Å². The predicted octanol–water partition coefficient (Wildman–Crippen LogP) is 2.03. The first-order valence-corrected chi connectivity index (χ1v) is 8.56. The summed E-state index contributed by atoms with van der Waals surface area (Å²) in [7, 11) is 0. The lowest BCUT2D eigenvalue weighted by Gasteiger charge is -2.12. The molecule has 3 N–H and O–H groups in total. The molecule has 0 aromatic heterocycles. The van der Waals surface area contributed by atoms with Crippen LogP contribution in [0.2, 0.25) is 0 Å². The first-order chi connectivity index (χ1) is 12.5. The van der Waals surface area contributed by atoms with Crippen molar-refractivity contribution in [1.82, 2.24) is 16.2 Å². The van der Waals surface area contributed by atoms with Crippen LogP contribution in [0.5, 0.6) is 5.75 Å². The van der Waals surface area contributed by atoms with Crippen molar-refractivity contribution in [3.63, 3.8) is 0 Å². The van der Waals surface area contributed by atoms with E-state index < -0.39 is 5.91 Å². The van der Waals surface area contributed by atoms with E-state index in [0.717, 1.165) is 11.1 Å². The minimum Gasteiger partial charge on any atom is -0.483 e. The lowest BCUT2D eigenvalue weighted by molar-refractivity contribution is -0.124. The smallest absolute Gasteiger partial charge is 0.276 e. The number of benzene rings is 2. The van der Waals surface area contributed by atoms with Crippen molar-refractivity contribution in [3.05, 3.63) is 65.7 Å². The van der Waals surface area contributed by atoms with E-state index in [1.54, 1.807) is 6.07 Å². The molecule has 2 rings (SSSR count). The van der Waals surface area contributed by atoms with Crippen LogP contribution < -0.4 is 20.9 Å². The normalized spacial score (nSPS) is 9.88. The van der Waals surface area contributed by atoms with Crippen LogP contribution in [0.1, 0.15) is 17.5 Å². The number of nitrogens with one attached hydrogen (secondary N) is 3. The summed E-state index contributed by atoms with van der Waals surface area (Å²) in [6.07, 6.45) is 0.919. The number of hydrazine groups is 1. The van der Waals surface area contributed by atoms with Crippen molar-refractivity contribution in [3.8, 4) is 5.75 Å². The van der Waals surface area contributed by atoms with Crippen molar-refractivity contribution in [2.75, 3.05) is 6.61 Å². The molecule has 136 valence electrons. The number of hydrogen-bond donors (Lipinski definition) is 3. The molecule has 2 aromatic rings. The molecule has 0 aliphatic rings. The number of hydrogen-bond acceptors (Lipinski definition) is 4. The van der Waals surface area contributed by atoms with E-state index in [0.29, 0.717) is 18.6 Å². The quantitative estimate of drug-likeness (QED) is 0.535. The highest BCUT2D eigenvalue weighted by Crippen LogP contribution is 2.15. The number of para-hydroxylation sites is 1. The second-order valence-corrected chi connectivity index (χ2v) is 6.00. The van der Waals surface area contributed by atoms with Gasteiger partial charge in [0.15, 0.2) is 11.7 Å². The largest absolute Gasteiger partial charge is 0.483 e. The van der Waals surface area contributed by atoms with Gasteiger partial charge in [-0.2, -0.15) is 0 Å². The number of thiocarbonyl (C=S) groups is 1. The summed E-state index contributed by atoms with van der Waals surface area (Å²) in [6.45, 7) is 1.73. The van der Waals surface area contributed by atoms with Crippen molar-refractivity contribution in [1.29, 1.82) is 0 Å². The lowest BCUT2D eigenvalue weighted by Crippen LogP contribution is -2.49. The Morgan fingerprint density at radius 3 is 2.38 bits per heavy atom. The molecule has 2 aromatic carbocycles. The zero-order chi connectivity index (χ0) is 18.8. The summed E-state index contributed by atoms with van der Waals surface area (Å²) in [6, 6.07) is 17.1. The fraction of sp³-hybridized carbons (Fsp3) is 0.211. The van der Waals surface area contributed by atoms with Crippen molar-refractivity contribution in [2.45, 2.75) is 19.8 Å². The molecule has 0 bridgehead atoms. The first-order valence-electron chi connectivity index (χ1n) is 8.15. The lowest BCUT2D eigenvalue weighted by atomic mass is 10.1. The SMILES string of the molecule is Cc1ccccc1OCC(=O)NNC(=S)NC(=O)CCc1ccccc1. The van der Waals surface area contributed by atoms with Gasteiger partial charge >= 0.3 is 0 Å². The van der Waals surface area contributed by atoms with E-state index in [1.165, 1.54) is 0 Å². The molecule has 0 aliphatic carbocycles.